The summed E-state index contributed by atoms with van der Waals surface area (Å²) in [5.74, 6) is 1.70. The fourth-order valence-electron chi connectivity index (χ4n) is 3.05. The van der Waals surface area contributed by atoms with Crippen molar-refractivity contribution < 1.29 is 0 Å². The van der Waals surface area contributed by atoms with Crippen LogP contribution >= 0.6 is 0 Å². The maximum Gasteiger partial charge on any atom is 0.138 e. The molecule has 0 aliphatic heterocycles. The van der Waals surface area contributed by atoms with Crippen LogP contribution in [-0.2, 0) is 5.41 Å². The molecule has 0 N–H and O–H groups in total. The van der Waals surface area contributed by atoms with E-state index in [1.807, 2.05) is 71.8 Å². The van der Waals surface area contributed by atoms with Crippen molar-refractivity contribution in [3.8, 4) is 11.6 Å². The zero-order valence-electron chi connectivity index (χ0n) is 16.0. The molecule has 27 heavy (non-hydrogen) atoms. The summed E-state index contributed by atoms with van der Waals surface area (Å²) in [4.78, 5) is 18.3. The standard InChI is InChI=1S/C21H22N6/c1-15-11-26(13-22-15)19-9-5-7-17(24-19)21(3,4)18-8-6-10-20(25-18)27-12-16(2)23-14-27/h5-14H,1-4H3. The van der Waals surface area contributed by atoms with Gasteiger partial charge in [0.15, 0.2) is 0 Å². The van der Waals surface area contributed by atoms with Crippen molar-refractivity contribution >= 4 is 0 Å². The summed E-state index contributed by atoms with van der Waals surface area (Å²) in [6.07, 6.45) is 7.52. The molecule has 4 heterocycles. The molecule has 0 aliphatic carbocycles. The first kappa shape index (κ1) is 17.1. The second-order valence-corrected chi connectivity index (χ2v) is 7.23. The Morgan fingerprint density at radius 2 is 1.15 bits per heavy atom. The highest BCUT2D eigenvalue weighted by Gasteiger charge is 2.27. The second kappa shape index (κ2) is 6.46. The van der Waals surface area contributed by atoms with Gasteiger partial charge in [0, 0.05) is 17.8 Å². The maximum absolute atomic E-state index is 4.87. The topological polar surface area (TPSA) is 61.4 Å². The van der Waals surface area contributed by atoms with Crippen LogP contribution < -0.4 is 0 Å². The zero-order chi connectivity index (χ0) is 19.0. The van der Waals surface area contributed by atoms with Gasteiger partial charge in [-0.05, 0) is 52.0 Å². The van der Waals surface area contributed by atoms with E-state index >= 15 is 0 Å². The maximum atomic E-state index is 4.87. The van der Waals surface area contributed by atoms with Gasteiger partial charge >= 0.3 is 0 Å². The van der Waals surface area contributed by atoms with Crippen molar-refractivity contribution in [2.75, 3.05) is 0 Å². The highest BCUT2D eigenvalue weighted by Crippen LogP contribution is 2.29. The van der Waals surface area contributed by atoms with Gasteiger partial charge in [0.05, 0.1) is 22.8 Å². The van der Waals surface area contributed by atoms with Crippen LogP contribution in [0.25, 0.3) is 11.6 Å². The molecule has 6 heteroatoms. The van der Waals surface area contributed by atoms with E-state index in [0.29, 0.717) is 0 Å². The quantitative estimate of drug-likeness (QED) is 0.557. The molecule has 0 atom stereocenters. The van der Waals surface area contributed by atoms with Crippen molar-refractivity contribution in [2.24, 2.45) is 0 Å². The van der Waals surface area contributed by atoms with Gasteiger partial charge < -0.3 is 0 Å². The van der Waals surface area contributed by atoms with Gasteiger partial charge in [-0.3, -0.25) is 9.13 Å². The van der Waals surface area contributed by atoms with Crippen molar-refractivity contribution in [2.45, 2.75) is 33.1 Å². The molecular formula is C21H22N6. The lowest BCUT2D eigenvalue weighted by molar-refractivity contribution is 0.591. The van der Waals surface area contributed by atoms with Gasteiger partial charge in [0.2, 0.25) is 0 Å². The van der Waals surface area contributed by atoms with Crippen molar-refractivity contribution in [3.05, 3.63) is 84.2 Å². The summed E-state index contributed by atoms with van der Waals surface area (Å²) in [6, 6.07) is 12.1. The van der Waals surface area contributed by atoms with Gasteiger partial charge in [-0.25, -0.2) is 19.9 Å². The van der Waals surface area contributed by atoms with Crippen LogP contribution in [0.4, 0.5) is 0 Å². The molecule has 0 saturated carbocycles. The average molecular weight is 358 g/mol. The van der Waals surface area contributed by atoms with Crippen LogP contribution in [0.5, 0.6) is 0 Å². The molecule has 0 spiro atoms. The number of hydrogen-bond acceptors (Lipinski definition) is 4. The lowest BCUT2D eigenvalue weighted by atomic mass is 9.84. The number of nitrogens with zero attached hydrogens (tertiary/aromatic N) is 6. The number of hydrogen-bond donors (Lipinski definition) is 0. The predicted octanol–water partition coefficient (Wildman–Crippen LogP) is 3.79. The van der Waals surface area contributed by atoms with E-state index in [4.69, 9.17) is 9.97 Å². The van der Waals surface area contributed by atoms with Gasteiger partial charge in [0.1, 0.15) is 24.3 Å². The summed E-state index contributed by atoms with van der Waals surface area (Å²) in [7, 11) is 0. The lowest BCUT2D eigenvalue weighted by Crippen LogP contribution is -2.23. The smallest absolute Gasteiger partial charge is 0.138 e. The first-order valence-corrected chi connectivity index (χ1v) is 8.90. The Bertz CT molecular complexity index is 1000. The lowest BCUT2D eigenvalue weighted by Gasteiger charge is -2.24. The number of pyridine rings is 2. The van der Waals surface area contributed by atoms with Crippen LogP contribution in [0.15, 0.2) is 61.4 Å². The van der Waals surface area contributed by atoms with E-state index in [1.165, 1.54) is 0 Å². The predicted molar refractivity (Wildman–Crippen MR) is 104 cm³/mol. The number of aromatic nitrogens is 6. The number of rotatable bonds is 4. The average Bonchev–Trinajstić information content (AvgIpc) is 3.30. The Hall–Kier alpha value is -3.28. The molecular weight excluding hydrogens is 336 g/mol. The van der Waals surface area contributed by atoms with E-state index in [1.54, 1.807) is 12.7 Å². The third kappa shape index (κ3) is 3.26. The SMILES string of the molecule is Cc1cn(-c2cccc(C(C)(C)c3cccc(-n4cnc(C)c4)n3)n2)cn1. The molecule has 4 rings (SSSR count). The molecule has 6 nitrogen and oxygen atoms in total. The van der Waals surface area contributed by atoms with E-state index in [9.17, 15) is 0 Å². The Balaban J connectivity index is 1.73. The van der Waals surface area contributed by atoms with Crippen LogP contribution in [0.3, 0.4) is 0 Å². The van der Waals surface area contributed by atoms with Crippen molar-refractivity contribution in [1.29, 1.82) is 0 Å². The Labute approximate surface area is 158 Å². The zero-order valence-corrected chi connectivity index (χ0v) is 16.0. The Kier molecular flexibility index (Phi) is 4.11. The first-order valence-electron chi connectivity index (χ1n) is 8.90. The first-order chi connectivity index (χ1) is 12.9. The molecule has 0 fully saturated rings. The molecule has 0 unspecified atom stereocenters. The fraction of sp³-hybridized carbons (Fsp3) is 0.238. The summed E-state index contributed by atoms with van der Waals surface area (Å²) in [5, 5.41) is 0. The Morgan fingerprint density at radius 3 is 1.52 bits per heavy atom. The molecule has 0 aromatic carbocycles. The second-order valence-electron chi connectivity index (χ2n) is 7.23. The third-order valence-corrected chi connectivity index (χ3v) is 4.70. The highest BCUT2D eigenvalue weighted by atomic mass is 15.1. The molecule has 4 aromatic rings. The minimum Gasteiger partial charge on any atom is -0.290 e. The summed E-state index contributed by atoms with van der Waals surface area (Å²) >= 11 is 0. The van der Waals surface area contributed by atoms with E-state index in [0.717, 1.165) is 34.4 Å². The van der Waals surface area contributed by atoms with Crippen molar-refractivity contribution in [1.82, 2.24) is 29.1 Å². The minimum absolute atomic E-state index is 0.350. The van der Waals surface area contributed by atoms with Crippen LogP contribution in [0.2, 0.25) is 0 Å². The molecule has 0 aliphatic rings. The molecule has 0 bridgehead atoms. The van der Waals surface area contributed by atoms with Crippen LogP contribution in [-0.4, -0.2) is 29.1 Å². The van der Waals surface area contributed by atoms with E-state index in [2.05, 4.69) is 23.8 Å². The molecule has 136 valence electrons. The van der Waals surface area contributed by atoms with Gasteiger partial charge in [-0.2, -0.15) is 0 Å². The molecule has 4 aromatic heterocycles. The van der Waals surface area contributed by atoms with Crippen molar-refractivity contribution in [3.63, 3.8) is 0 Å². The van der Waals surface area contributed by atoms with E-state index in [-0.39, 0.29) is 5.41 Å². The summed E-state index contributed by atoms with van der Waals surface area (Å²) in [6.45, 7) is 8.22. The number of aryl methyl sites for hydroxylation is 2. The molecule has 0 saturated heterocycles. The summed E-state index contributed by atoms with van der Waals surface area (Å²) in [5.41, 5.74) is 3.49. The summed E-state index contributed by atoms with van der Waals surface area (Å²) < 4.78 is 3.88. The van der Waals surface area contributed by atoms with Crippen LogP contribution in [0, 0.1) is 13.8 Å². The molecule has 0 radical (unpaired) electrons. The van der Waals surface area contributed by atoms with Gasteiger partial charge in [-0.15, -0.1) is 0 Å². The normalized spacial score (nSPS) is 11.7. The number of imidazole rings is 2. The van der Waals surface area contributed by atoms with Crippen LogP contribution in [0.1, 0.15) is 36.6 Å². The fourth-order valence-corrected chi connectivity index (χ4v) is 3.05. The third-order valence-electron chi connectivity index (χ3n) is 4.70. The highest BCUT2D eigenvalue weighted by molar-refractivity contribution is 5.36. The minimum atomic E-state index is -0.350. The molecule has 0 amide bonds. The van der Waals surface area contributed by atoms with Gasteiger partial charge in [0.25, 0.3) is 0 Å². The largest absolute Gasteiger partial charge is 0.290 e. The van der Waals surface area contributed by atoms with Gasteiger partial charge in [-0.1, -0.05) is 12.1 Å². The van der Waals surface area contributed by atoms with E-state index < -0.39 is 0 Å². The monoisotopic (exact) mass is 358 g/mol. The Morgan fingerprint density at radius 1 is 0.704 bits per heavy atom.